The number of aromatic nitrogens is 1. The first-order valence-corrected chi connectivity index (χ1v) is 7.86. The van der Waals surface area contributed by atoms with Crippen molar-refractivity contribution >= 4 is 17.1 Å². The fourth-order valence-electron chi connectivity index (χ4n) is 2.96. The van der Waals surface area contributed by atoms with Gasteiger partial charge in [-0.05, 0) is 18.2 Å². The van der Waals surface area contributed by atoms with Gasteiger partial charge >= 0.3 is 0 Å². The molecule has 4 rings (SSSR count). The molecule has 0 radical (unpaired) electrons. The number of anilines is 1. The van der Waals surface area contributed by atoms with Gasteiger partial charge in [0.2, 0.25) is 0 Å². The van der Waals surface area contributed by atoms with Crippen LogP contribution < -0.4 is 4.90 Å². The lowest BCUT2D eigenvalue weighted by Crippen LogP contribution is -2.46. The standard InChI is InChI=1S/C18H18FN3O/c19-15-6-2-1-5-14(15)13-21-9-11-22(12-10-21)18-20-16-7-3-4-8-17(16)23-18/h1-8H,9-13H2. The van der Waals surface area contributed by atoms with E-state index in [1.54, 1.807) is 6.07 Å². The van der Waals surface area contributed by atoms with E-state index in [1.807, 2.05) is 36.4 Å². The Morgan fingerprint density at radius 3 is 2.48 bits per heavy atom. The molecule has 1 fully saturated rings. The second kappa shape index (κ2) is 6.01. The zero-order valence-electron chi connectivity index (χ0n) is 12.8. The zero-order chi connectivity index (χ0) is 15.6. The molecule has 1 aliphatic rings. The highest BCUT2D eigenvalue weighted by molar-refractivity contribution is 5.74. The summed E-state index contributed by atoms with van der Waals surface area (Å²) in [6, 6.07) is 15.4. The number of hydrogen-bond donors (Lipinski definition) is 0. The molecule has 1 saturated heterocycles. The van der Waals surface area contributed by atoms with Crippen LogP contribution >= 0.6 is 0 Å². The Morgan fingerprint density at radius 1 is 0.957 bits per heavy atom. The van der Waals surface area contributed by atoms with Gasteiger partial charge in [0.25, 0.3) is 6.01 Å². The number of hydrogen-bond acceptors (Lipinski definition) is 4. The van der Waals surface area contributed by atoms with Gasteiger partial charge in [-0.2, -0.15) is 4.98 Å². The van der Waals surface area contributed by atoms with Gasteiger partial charge in [-0.1, -0.05) is 30.3 Å². The summed E-state index contributed by atoms with van der Waals surface area (Å²) < 4.78 is 19.6. The molecular formula is C18H18FN3O. The minimum Gasteiger partial charge on any atom is -0.423 e. The third-order valence-electron chi connectivity index (χ3n) is 4.28. The van der Waals surface area contributed by atoms with Crippen LogP contribution in [0.4, 0.5) is 10.4 Å². The molecule has 1 aliphatic heterocycles. The number of piperazine rings is 1. The Balaban J connectivity index is 1.41. The molecule has 0 aliphatic carbocycles. The van der Waals surface area contributed by atoms with E-state index in [9.17, 15) is 4.39 Å². The quantitative estimate of drug-likeness (QED) is 0.743. The van der Waals surface area contributed by atoms with E-state index in [1.165, 1.54) is 6.07 Å². The first-order chi connectivity index (χ1) is 11.3. The topological polar surface area (TPSA) is 32.5 Å². The lowest BCUT2D eigenvalue weighted by Gasteiger charge is -2.33. The van der Waals surface area contributed by atoms with Crippen LogP contribution in [-0.2, 0) is 6.54 Å². The smallest absolute Gasteiger partial charge is 0.298 e. The van der Waals surface area contributed by atoms with E-state index >= 15 is 0 Å². The molecule has 0 N–H and O–H groups in total. The molecule has 1 aromatic heterocycles. The van der Waals surface area contributed by atoms with E-state index in [4.69, 9.17) is 4.42 Å². The number of nitrogens with zero attached hydrogens (tertiary/aromatic N) is 3. The van der Waals surface area contributed by atoms with Crippen molar-refractivity contribution in [3.8, 4) is 0 Å². The van der Waals surface area contributed by atoms with Gasteiger partial charge in [-0.15, -0.1) is 0 Å². The van der Waals surface area contributed by atoms with Crippen LogP contribution in [0.1, 0.15) is 5.56 Å². The minimum atomic E-state index is -0.131. The lowest BCUT2D eigenvalue weighted by atomic mass is 10.2. The maximum Gasteiger partial charge on any atom is 0.298 e. The molecule has 3 aromatic rings. The maximum absolute atomic E-state index is 13.7. The summed E-state index contributed by atoms with van der Waals surface area (Å²) in [5, 5.41) is 0. The van der Waals surface area contributed by atoms with Crippen LogP contribution in [0, 0.1) is 5.82 Å². The second-order valence-corrected chi connectivity index (χ2v) is 5.82. The third-order valence-corrected chi connectivity index (χ3v) is 4.28. The van der Waals surface area contributed by atoms with Gasteiger partial charge < -0.3 is 9.32 Å². The largest absolute Gasteiger partial charge is 0.423 e. The summed E-state index contributed by atoms with van der Waals surface area (Å²) in [4.78, 5) is 8.95. The van der Waals surface area contributed by atoms with Gasteiger partial charge in [-0.3, -0.25) is 4.90 Å². The molecule has 23 heavy (non-hydrogen) atoms. The SMILES string of the molecule is Fc1ccccc1CN1CCN(c2nc3ccccc3o2)CC1. The average molecular weight is 311 g/mol. The molecule has 0 spiro atoms. The molecule has 4 nitrogen and oxygen atoms in total. The Hall–Kier alpha value is -2.40. The lowest BCUT2D eigenvalue weighted by molar-refractivity contribution is 0.242. The fourth-order valence-corrected chi connectivity index (χ4v) is 2.96. The third kappa shape index (κ3) is 2.92. The summed E-state index contributed by atoms with van der Waals surface area (Å²) in [6.07, 6.45) is 0. The summed E-state index contributed by atoms with van der Waals surface area (Å²) >= 11 is 0. The highest BCUT2D eigenvalue weighted by atomic mass is 19.1. The zero-order valence-corrected chi connectivity index (χ0v) is 12.8. The maximum atomic E-state index is 13.7. The molecule has 0 bridgehead atoms. The van der Waals surface area contributed by atoms with E-state index in [2.05, 4.69) is 14.8 Å². The highest BCUT2D eigenvalue weighted by Gasteiger charge is 2.21. The van der Waals surface area contributed by atoms with E-state index in [-0.39, 0.29) is 5.82 Å². The van der Waals surface area contributed by atoms with E-state index < -0.39 is 0 Å². The predicted molar refractivity (Wildman–Crippen MR) is 87.9 cm³/mol. The fraction of sp³-hybridized carbons (Fsp3) is 0.278. The van der Waals surface area contributed by atoms with Crippen molar-refractivity contribution in [2.45, 2.75) is 6.54 Å². The molecule has 0 unspecified atom stereocenters. The molecule has 5 heteroatoms. The van der Waals surface area contributed by atoms with Crippen LogP contribution in [0.3, 0.4) is 0 Å². The molecule has 0 saturated carbocycles. The van der Waals surface area contributed by atoms with E-state index in [0.717, 1.165) is 42.8 Å². The van der Waals surface area contributed by atoms with Crippen molar-refractivity contribution in [1.29, 1.82) is 0 Å². The summed E-state index contributed by atoms with van der Waals surface area (Å²) in [5.41, 5.74) is 2.45. The first kappa shape index (κ1) is 14.2. The average Bonchev–Trinajstić information content (AvgIpc) is 3.02. The molecule has 0 atom stereocenters. The van der Waals surface area contributed by atoms with Crippen molar-refractivity contribution in [2.24, 2.45) is 0 Å². The first-order valence-electron chi connectivity index (χ1n) is 7.86. The van der Waals surface area contributed by atoms with Gasteiger partial charge in [0.15, 0.2) is 5.58 Å². The molecule has 2 aromatic carbocycles. The van der Waals surface area contributed by atoms with Crippen molar-refractivity contribution in [3.05, 3.63) is 59.9 Å². The summed E-state index contributed by atoms with van der Waals surface area (Å²) in [6.45, 7) is 4.05. The van der Waals surface area contributed by atoms with Crippen molar-refractivity contribution in [1.82, 2.24) is 9.88 Å². The van der Waals surface area contributed by atoms with Crippen LogP contribution in [0.25, 0.3) is 11.1 Å². The van der Waals surface area contributed by atoms with Gasteiger partial charge in [0, 0.05) is 38.3 Å². The van der Waals surface area contributed by atoms with Crippen LogP contribution in [0.5, 0.6) is 0 Å². The predicted octanol–water partition coefficient (Wildman–Crippen LogP) is 3.29. The van der Waals surface area contributed by atoms with Crippen molar-refractivity contribution < 1.29 is 8.81 Å². The normalized spacial score (nSPS) is 16.1. The van der Waals surface area contributed by atoms with Gasteiger partial charge in [0.05, 0.1) is 0 Å². The number of oxazole rings is 1. The molecule has 2 heterocycles. The van der Waals surface area contributed by atoms with Crippen LogP contribution in [0.2, 0.25) is 0 Å². The molecule has 0 amide bonds. The number of halogens is 1. The molecule has 118 valence electrons. The Labute approximate surface area is 134 Å². The minimum absolute atomic E-state index is 0.131. The van der Waals surface area contributed by atoms with Gasteiger partial charge in [0.1, 0.15) is 11.3 Å². The van der Waals surface area contributed by atoms with Crippen LogP contribution in [0.15, 0.2) is 52.9 Å². The van der Waals surface area contributed by atoms with Crippen LogP contribution in [-0.4, -0.2) is 36.1 Å². The summed E-state index contributed by atoms with van der Waals surface area (Å²) in [7, 11) is 0. The Kier molecular flexibility index (Phi) is 3.71. The number of rotatable bonds is 3. The number of para-hydroxylation sites is 2. The summed E-state index contributed by atoms with van der Waals surface area (Å²) in [5.74, 6) is -0.131. The number of benzene rings is 2. The Morgan fingerprint density at radius 2 is 1.70 bits per heavy atom. The monoisotopic (exact) mass is 311 g/mol. The van der Waals surface area contributed by atoms with Gasteiger partial charge in [-0.25, -0.2) is 4.39 Å². The number of fused-ring (bicyclic) bond motifs is 1. The Bertz CT molecular complexity index is 776. The van der Waals surface area contributed by atoms with Crippen molar-refractivity contribution in [2.75, 3.05) is 31.1 Å². The van der Waals surface area contributed by atoms with Crippen molar-refractivity contribution in [3.63, 3.8) is 0 Å². The molecular weight excluding hydrogens is 293 g/mol. The highest BCUT2D eigenvalue weighted by Crippen LogP contribution is 2.23. The van der Waals surface area contributed by atoms with E-state index in [0.29, 0.717) is 12.6 Å². The second-order valence-electron chi connectivity index (χ2n) is 5.82.